The monoisotopic (exact) mass is 463 g/mol. The number of halogens is 1. The van der Waals surface area contributed by atoms with Crippen molar-refractivity contribution in [2.24, 2.45) is 5.10 Å². The number of pyridine rings is 1. The molecular formula is C26H30ClN5O. The number of benzene rings is 2. The van der Waals surface area contributed by atoms with Crippen molar-refractivity contribution in [1.82, 2.24) is 15.3 Å². The Labute approximate surface area is 200 Å². The van der Waals surface area contributed by atoms with Crippen LogP contribution < -0.4 is 10.3 Å². The quantitative estimate of drug-likeness (QED) is 0.408. The van der Waals surface area contributed by atoms with Gasteiger partial charge in [-0.15, -0.1) is 0 Å². The summed E-state index contributed by atoms with van der Waals surface area (Å²) < 4.78 is 0. The van der Waals surface area contributed by atoms with E-state index in [1.54, 1.807) is 6.21 Å². The summed E-state index contributed by atoms with van der Waals surface area (Å²) in [4.78, 5) is 21.3. The molecule has 0 radical (unpaired) electrons. The minimum absolute atomic E-state index is 0.0653. The minimum atomic E-state index is -0.0653. The Morgan fingerprint density at radius 2 is 1.88 bits per heavy atom. The van der Waals surface area contributed by atoms with Gasteiger partial charge in [0.1, 0.15) is 0 Å². The van der Waals surface area contributed by atoms with E-state index in [0.29, 0.717) is 17.4 Å². The van der Waals surface area contributed by atoms with Gasteiger partial charge in [-0.3, -0.25) is 14.7 Å². The minimum Gasteiger partial charge on any atom is -0.368 e. The van der Waals surface area contributed by atoms with Gasteiger partial charge in [0.05, 0.1) is 11.7 Å². The van der Waals surface area contributed by atoms with Crippen LogP contribution in [0.4, 0.5) is 5.69 Å². The van der Waals surface area contributed by atoms with E-state index < -0.39 is 0 Å². The van der Waals surface area contributed by atoms with Crippen LogP contribution in [0.5, 0.6) is 0 Å². The summed E-state index contributed by atoms with van der Waals surface area (Å²) in [6.07, 6.45) is 3.96. The third-order valence-corrected chi connectivity index (χ3v) is 6.29. The Bertz CT molecular complexity index is 1120. The molecule has 7 heteroatoms. The molecule has 0 atom stereocenters. The number of nitrogens with zero attached hydrogens (tertiary/aromatic N) is 4. The van der Waals surface area contributed by atoms with Crippen molar-refractivity contribution in [3.63, 3.8) is 0 Å². The van der Waals surface area contributed by atoms with Gasteiger partial charge in [-0.25, -0.2) is 5.43 Å². The van der Waals surface area contributed by atoms with E-state index in [9.17, 15) is 4.79 Å². The average Bonchev–Trinajstić information content (AvgIpc) is 2.83. The number of carbonyl (C=O) groups excluding carboxylic acids is 1. The molecule has 3 aromatic rings. The third-order valence-electron chi connectivity index (χ3n) is 6.06. The topological polar surface area (TPSA) is 60.8 Å². The van der Waals surface area contributed by atoms with Crippen LogP contribution in [0.2, 0.25) is 5.02 Å². The molecule has 0 saturated carbocycles. The van der Waals surface area contributed by atoms with E-state index in [-0.39, 0.29) is 5.91 Å². The molecule has 4 rings (SSSR count). The number of hydrogen-bond donors (Lipinski definition) is 1. The van der Waals surface area contributed by atoms with Crippen LogP contribution in [-0.4, -0.2) is 54.7 Å². The van der Waals surface area contributed by atoms with Crippen molar-refractivity contribution in [2.75, 3.05) is 37.6 Å². The third kappa shape index (κ3) is 6.09. The predicted octanol–water partition coefficient (Wildman–Crippen LogP) is 4.67. The SMILES string of the molecule is CC(C)c1ccc(/C=N/NC(=O)CCN2CCN(c3ccnc4cc(Cl)ccc34)CC2)cc1. The van der Waals surface area contributed by atoms with E-state index in [1.165, 1.54) is 11.3 Å². The number of rotatable bonds is 7. The van der Waals surface area contributed by atoms with Crippen LogP contribution >= 0.6 is 11.6 Å². The first-order valence-corrected chi connectivity index (χ1v) is 11.8. The van der Waals surface area contributed by atoms with Gasteiger partial charge in [0.2, 0.25) is 5.91 Å². The van der Waals surface area contributed by atoms with Crippen LogP contribution in [0, 0.1) is 0 Å². The van der Waals surface area contributed by atoms with Crippen molar-refractivity contribution in [2.45, 2.75) is 26.2 Å². The lowest BCUT2D eigenvalue weighted by Gasteiger charge is -2.36. The van der Waals surface area contributed by atoms with Crippen LogP contribution in [0.3, 0.4) is 0 Å². The highest BCUT2D eigenvalue weighted by atomic mass is 35.5. The number of amides is 1. The molecule has 2 aromatic carbocycles. The molecule has 1 amide bonds. The first kappa shape index (κ1) is 23.2. The standard InChI is InChI=1S/C26H30ClN5O/c1-19(2)21-5-3-20(4-6-21)18-29-30-26(33)10-12-31-13-15-32(16-14-31)25-9-11-28-24-17-22(27)7-8-23(24)25/h3-9,11,17-19H,10,12-16H2,1-2H3,(H,30,33)/b29-18+. The van der Waals surface area contributed by atoms with Crippen LogP contribution in [0.15, 0.2) is 59.8 Å². The molecule has 1 N–H and O–H groups in total. The fourth-order valence-electron chi connectivity index (χ4n) is 4.06. The van der Waals surface area contributed by atoms with Crippen molar-refractivity contribution in [3.05, 3.63) is 70.9 Å². The molecular weight excluding hydrogens is 434 g/mol. The maximum atomic E-state index is 12.2. The number of nitrogens with one attached hydrogen (secondary N) is 1. The Balaban J connectivity index is 1.22. The highest BCUT2D eigenvalue weighted by molar-refractivity contribution is 6.31. The van der Waals surface area contributed by atoms with Crippen LogP contribution in [0.25, 0.3) is 10.9 Å². The van der Waals surface area contributed by atoms with E-state index in [4.69, 9.17) is 11.6 Å². The van der Waals surface area contributed by atoms with Gasteiger partial charge in [-0.2, -0.15) is 5.10 Å². The largest absolute Gasteiger partial charge is 0.368 e. The highest BCUT2D eigenvalue weighted by Crippen LogP contribution is 2.28. The van der Waals surface area contributed by atoms with Crippen LogP contribution in [0.1, 0.15) is 37.3 Å². The Kier molecular flexibility index (Phi) is 7.57. The molecule has 1 saturated heterocycles. The van der Waals surface area contributed by atoms with Crippen LogP contribution in [-0.2, 0) is 4.79 Å². The average molecular weight is 464 g/mol. The van der Waals surface area contributed by atoms with Crippen molar-refractivity contribution in [3.8, 4) is 0 Å². The molecule has 0 bridgehead atoms. The molecule has 172 valence electrons. The molecule has 1 aliphatic heterocycles. The molecule has 0 unspecified atom stereocenters. The van der Waals surface area contributed by atoms with E-state index in [0.717, 1.165) is 49.2 Å². The lowest BCUT2D eigenvalue weighted by atomic mass is 10.0. The number of anilines is 1. The zero-order chi connectivity index (χ0) is 23.2. The second-order valence-corrected chi connectivity index (χ2v) is 9.12. The van der Waals surface area contributed by atoms with Crippen molar-refractivity contribution < 1.29 is 4.79 Å². The summed E-state index contributed by atoms with van der Waals surface area (Å²) in [6, 6.07) is 16.1. The summed E-state index contributed by atoms with van der Waals surface area (Å²) in [5, 5.41) is 5.91. The van der Waals surface area contributed by atoms with Crippen molar-refractivity contribution >= 4 is 40.3 Å². The Hall–Kier alpha value is -2.96. The molecule has 1 fully saturated rings. The summed E-state index contributed by atoms with van der Waals surface area (Å²) in [6.45, 7) is 8.71. The molecule has 2 heterocycles. The van der Waals surface area contributed by atoms with Gasteiger partial charge >= 0.3 is 0 Å². The highest BCUT2D eigenvalue weighted by Gasteiger charge is 2.19. The molecule has 0 aliphatic carbocycles. The number of aromatic nitrogens is 1. The second-order valence-electron chi connectivity index (χ2n) is 8.68. The van der Waals surface area contributed by atoms with Gasteiger partial charge < -0.3 is 4.90 Å². The van der Waals surface area contributed by atoms with Gasteiger partial charge in [0.25, 0.3) is 0 Å². The molecule has 1 aromatic heterocycles. The first-order valence-electron chi connectivity index (χ1n) is 11.4. The first-order chi connectivity index (χ1) is 16.0. The summed E-state index contributed by atoms with van der Waals surface area (Å²) >= 11 is 6.11. The van der Waals surface area contributed by atoms with Gasteiger partial charge in [-0.1, -0.05) is 49.7 Å². The zero-order valence-electron chi connectivity index (χ0n) is 19.2. The van der Waals surface area contributed by atoms with Gasteiger partial charge in [0, 0.05) is 61.4 Å². The lowest BCUT2D eigenvalue weighted by molar-refractivity contribution is -0.121. The normalized spacial score (nSPS) is 15.0. The maximum absolute atomic E-state index is 12.2. The smallest absolute Gasteiger partial charge is 0.241 e. The van der Waals surface area contributed by atoms with Crippen molar-refractivity contribution in [1.29, 1.82) is 0 Å². The molecule has 0 spiro atoms. The summed E-state index contributed by atoms with van der Waals surface area (Å²) in [5.74, 6) is 0.435. The number of carbonyl (C=O) groups is 1. The summed E-state index contributed by atoms with van der Waals surface area (Å²) in [7, 11) is 0. The zero-order valence-corrected chi connectivity index (χ0v) is 19.9. The Morgan fingerprint density at radius 3 is 2.61 bits per heavy atom. The molecule has 6 nitrogen and oxygen atoms in total. The second kappa shape index (κ2) is 10.8. The van der Waals surface area contributed by atoms with Gasteiger partial charge in [-0.05, 0) is 41.3 Å². The summed E-state index contributed by atoms with van der Waals surface area (Å²) in [5.41, 5.74) is 7.00. The molecule has 33 heavy (non-hydrogen) atoms. The predicted molar refractivity (Wildman–Crippen MR) is 136 cm³/mol. The number of hydrazone groups is 1. The van der Waals surface area contributed by atoms with E-state index >= 15 is 0 Å². The fraction of sp³-hybridized carbons (Fsp3) is 0.346. The fourth-order valence-corrected chi connectivity index (χ4v) is 4.22. The molecule has 1 aliphatic rings. The Morgan fingerprint density at radius 1 is 1.12 bits per heavy atom. The number of hydrogen-bond acceptors (Lipinski definition) is 5. The maximum Gasteiger partial charge on any atom is 0.241 e. The number of fused-ring (bicyclic) bond motifs is 1. The van der Waals surface area contributed by atoms with E-state index in [2.05, 4.69) is 57.4 Å². The lowest BCUT2D eigenvalue weighted by Crippen LogP contribution is -2.47. The van der Waals surface area contributed by atoms with Gasteiger partial charge in [0.15, 0.2) is 0 Å². The van der Waals surface area contributed by atoms with E-state index in [1.807, 2.05) is 36.5 Å². The number of piperazine rings is 1.